The first kappa shape index (κ1) is 26.0. The van der Waals surface area contributed by atoms with Gasteiger partial charge in [0.25, 0.3) is 11.5 Å². The summed E-state index contributed by atoms with van der Waals surface area (Å²) in [6.07, 6.45) is 2.47. The molecule has 5 aromatic rings. The molecule has 7 nitrogen and oxygen atoms in total. The number of benzene rings is 3. The van der Waals surface area contributed by atoms with Gasteiger partial charge in [0, 0.05) is 5.56 Å². The Bertz CT molecular complexity index is 1670. The minimum absolute atomic E-state index is 0.188. The van der Waals surface area contributed by atoms with E-state index in [1.165, 1.54) is 0 Å². The van der Waals surface area contributed by atoms with Gasteiger partial charge in [0.15, 0.2) is 0 Å². The van der Waals surface area contributed by atoms with Crippen LogP contribution in [-0.2, 0) is 13.0 Å². The first-order valence-electron chi connectivity index (χ1n) is 13.0. The number of hydrogen-bond donors (Lipinski definition) is 0. The highest BCUT2D eigenvalue weighted by Crippen LogP contribution is 2.30. The lowest BCUT2D eigenvalue weighted by Gasteiger charge is -2.30. The molecule has 0 fully saturated rings. The summed E-state index contributed by atoms with van der Waals surface area (Å²) in [4.78, 5) is 34.7. The number of carbonyl (C=O) groups is 1. The lowest BCUT2D eigenvalue weighted by Crippen LogP contribution is -2.37. The monoisotopic (exact) mass is 521 g/mol. The molecular formula is C32H31N3O4. The molecule has 3 aromatic carbocycles. The van der Waals surface area contributed by atoms with Gasteiger partial charge in [-0.3, -0.25) is 14.2 Å². The molecule has 0 aliphatic carbocycles. The van der Waals surface area contributed by atoms with Gasteiger partial charge < -0.3 is 14.1 Å². The molecule has 1 amide bonds. The molecule has 0 aliphatic heterocycles. The van der Waals surface area contributed by atoms with Crippen molar-refractivity contribution in [3.05, 3.63) is 124 Å². The van der Waals surface area contributed by atoms with Gasteiger partial charge in [0.2, 0.25) is 0 Å². The predicted molar refractivity (Wildman–Crippen MR) is 151 cm³/mol. The van der Waals surface area contributed by atoms with Crippen molar-refractivity contribution in [2.45, 2.75) is 39.8 Å². The Morgan fingerprint density at radius 2 is 1.82 bits per heavy atom. The average Bonchev–Trinajstić information content (AvgIpc) is 3.48. The third-order valence-electron chi connectivity index (χ3n) is 6.99. The number of para-hydroxylation sites is 1. The van der Waals surface area contributed by atoms with Gasteiger partial charge in [-0.05, 0) is 79.9 Å². The number of fused-ring (bicyclic) bond motifs is 1. The fraction of sp³-hybridized carbons (Fsp3) is 0.219. The van der Waals surface area contributed by atoms with Crippen molar-refractivity contribution in [3.63, 3.8) is 0 Å². The Hall–Kier alpha value is -4.65. The maximum atomic E-state index is 14.0. The van der Waals surface area contributed by atoms with Crippen LogP contribution in [0.15, 0.2) is 94.3 Å². The number of methoxy groups -OCH3 is 1. The summed E-state index contributed by atoms with van der Waals surface area (Å²) in [7, 11) is 1.57. The van der Waals surface area contributed by atoms with Crippen LogP contribution in [0.4, 0.5) is 0 Å². The van der Waals surface area contributed by atoms with Gasteiger partial charge in [-0.15, -0.1) is 0 Å². The van der Waals surface area contributed by atoms with Crippen LogP contribution in [-0.4, -0.2) is 27.5 Å². The molecule has 5 rings (SSSR count). The largest absolute Gasteiger partial charge is 0.495 e. The summed E-state index contributed by atoms with van der Waals surface area (Å²) in [6, 6.07) is 23.5. The summed E-state index contributed by atoms with van der Waals surface area (Å²) in [5.74, 6) is 1.40. The van der Waals surface area contributed by atoms with Crippen molar-refractivity contribution >= 4 is 16.8 Å². The van der Waals surface area contributed by atoms with Crippen molar-refractivity contribution < 1.29 is 13.9 Å². The maximum Gasteiger partial charge on any atom is 0.266 e. The Morgan fingerprint density at radius 1 is 1.05 bits per heavy atom. The average molecular weight is 522 g/mol. The van der Waals surface area contributed by atoms with Crippen LogP contribution in [0.3, 0.4) is 0 Å². The number of carbonyl (C=O) groups excluding carboxylic acids is 1. The highest BCUT2D eigenvalue weighted by atomic mass is 16.5. The van der Waals surface area contributed by atoms with Crippen LogP contribution >= 0.6 is 0 Å². The molecule has 2 heterocycles. The SMILES string of the molecule is CCc1ccc(C(=O)N(Cc2ccco2)C(C)c2nc3ccccc3c(=O)n2-c2cc(C)ccc2OC)cc1. The molecule has 0 saturated carbocycles. The Morgan fingerprint density at radius 3 is 2.51 bits per heavy atom. The zero-order valence-corrected chi connectivity index (χ0v) is 22.5. The van der Waals surface area contributed by atoms with E-state index in [1.807, 2.05) is 80.6 Å². The number of aromatic nitrogens is 2. The normalized spacial score (nSPS) is 11.9. The highest BCUT2D eigenvalue weighted by molar-refractivity contribution is 5.94. The van der Waals surface area contributed by atoms with E-state index in [0.717, 1.165) is 17.5 Å². The highest BCUT2D eigenvalue weighted by Gasteiger charge is 2.29. The molecule has 198 valence electrons. The molecule has 1 unspecified atom stereocenters. The van der Waals surface area contributed by atoms with E-state index in [4.69, 9.17) is 14.1 Å². The molecule has 0 saturated heterocycles. The summed E-state index contributed by atoms with van der Waals surface area (Å²) in [5, 5.41) is 0.482. The molecule has 7 heteroatoms. The number of aryl methyl sites for hydroxylation is 2. The van der Waals surface area contributed by atoms with E-state index in [9.17, 15) is 9.59 Å². The van der Waals surface area contributed by atoms with Crippen molar-refractivity contribution in [3.8, 4) is 11.4 Å². The van der Waals surface area contributed by atoms with Crippen LogP contribution in [0.2, 0.25) is 0 Å². The number of amides is 1. The third kappa shape index (κ3) is 5.08. The molecule has 39 heavy (non-hydrogen) atoms. The van der Waals surface area contributed by atoms with Gasteiger partial charge in [0.05, 0.1) is 42.5 Å². The van der Waals surface area contributed by atoms with Crippen LogP contribution in [0.25, 0.3) is 16.6 Å². The molecule has 0 aliphatic rings. The molecule has 0 radical (unpaired) electrons. The van der Waals surface area contributed by atoms with Crippen molar-refractivity contribution in [1.29, 1.82) is 0 Å². The molecule has 1 atom stereocenters. The second-order valence-electron chi connectivity index (χ2n) is 9.54. The molecule has 2 aromatic heterocycles. The van der Waals surface area contributed by atoms with Gasteiger partial charge in [0.1, 0.15) is 17.3 Å². The first-order valence-corrected chi connectivity index (χ1v) is 13.0. The number of ether oxygens (including phenoxy) is 1. The van der Waals surface area contributed by atoms with Crippen molar-refractivity contribution in [2.24, 2.45) is 0 Å². The third-order valence-corrected chi connectivity index (χ3v) is 6.99. The van der Waals surface area contributed by atoms with E-state index >= 15 is 0 Å². The zero-order chi connectivity index (χ0) is 27.5. The number of nitrogens with zero attached hydrogens (tertiary/aromatic N) is 3. The number of furan rings is 1. The first-order chi connectivity index (χ1) is 18.9. The maximum absolute atomic E-state index is 14.0. The van der Waals surface area contributed by atoms with Crippen LogP contribution < -0.4 is 10.3 Å². The second kappa shape index (κ2) is 11.0. The predicted octanol–water partition coefficient (Wildman–Crippen LogP) is 6.26. The Balaban J connectivity index is 1.72. The number of rotatable bonds is 8. The van der Waals surface area contributed by atoms with Gasteiger partial charge >= 0.3 is 0 Å². The Labute approximate surface area is 227 Å². The standard InChI is InChI=1S/C32H31N3O4/c1-5-23-13-15-24(16-14-23)31(36)34(20-25-9-8-18-39-25)22(3)30-33-27-11-7-6-10-26(27)32(37)35(30)28-19-21(2)12-17-29(28)38-4/h6-19,22H,5,20H2,1-4H3. The fourth-order valence-electron chi connectivity index (χ4n) is 4.78. The second-order valence-corrected chi connectivity index (χ2v) is 9.54. The van der Waals surface area contributed by atoms with Crippen LogP contribution in [0.5, 0.6) is 5.75 Å². The van der Waals surface area contributed by atoms with E-state index in [-0.39, 0.29) is 18.0 Å². The van der Waals surface area contributed by atoms with E-state index in [1.54, 1.807) is 35.0 Å². The summed E-state index contributed by atoms with van der Waals surface area (Å²) < 4.78 is 12.9. The minimum atomic E-state index is -0.601. The van der Waals surface area contributed by atoms with E-state index < -0.39 is 6.04 Å². The van der Waals surface area contributed by atoms with Crippen molar-refractivity contribution in [2.75, 3.05) is 7.11 Å². The van der Waals surface area contributed by atoms with Crippen molar-refractivity contribution in [1.82, 2.24) is 14.5 Å². The molecule has 0 N–H and O–H groups in total. The lowest BCUT2D eigenvalue weighted by atomic mass is 10.1. The summed E-state index contributed by atoms with van der Waals surface area (Å²) in [6.45, 7) is 6.12. The van der Waals surface area contributed by atoms with Gasteiger partial charge in [-0.25, -0.2) is 4.98 Å². The van der Waals surface area contributed by atoms with E-state index in [2.05, 4.69) is 6.92 Å². The molecular weight excluding hydrogens is 490 g/mol. The van der Waals surface area contributed by atoms with E-state index in [0.29, 0.717) is 39.5 Å². The molecule has 0 bridgehead atoms. The molecule has 0 spiro atoms. The lowest BCUT2D eigenvalue weighted by molar-refractivity contribution is 0.0648. The van der Waals surface area contributed by atoms with Gasteiger partial charge in [-0.1, -0.05) is 37.3 Å². The number of hydrogen-bond acceptors (Lipinski definition) is 5. The Kier molecular flexibility index (Phi) is 7.32. The quantitative estimate of drug-likeness (QED) is 0.241. The summed E-state index contributed by atoms with van der Waals surface area (Å²) >= 11 is 0. The fourth-order valence-corrected chi connectivity index (χ4v) is 4.78. The zero-order valence-electron chi connectivity index (χ0n) is 22.5. The minimum Gasteiger partial charge on any atom is -0.495 e. The van der Waals surface area contributed by atoms with Crippen LogP contribution in [0, 0.1) is 6.92 Å². The van der Waals surface area contributed by atoms with Gasteiger partial charge in [-0.2, -0.15) is 0 Å². The topological polar surface area (TPSA) is 77.6 Å². The summed E-state index contributed by atoms with van der Waals surface area (Å²) in [5.41, 5.74) is 3.56. The van der Waals surface area contributed by atoms with Crippen LogP contribution in [0.1, 0.15) is 53.0 Å². The smallest absolute Gasteiger partial charge is 0.266 e.